The highest BCUT2D eigenvalue weighted by Gasteiger charge is 2.27. The van der Waals surface area contributed by atoms with Crippen LogP contribution in [0, 0.1) is 5.82 Å². The Hall–Kier alpha value is -2.54. The van der Waals surface area contributed by atoms with Gasteiger partial charge in [0.25, 0.3) is 0 Å². The minimum absolute atomic E-state index is 0.163. The summed E-state index contributed by atoms with van der Waals surface area (Å²) in [6.07, 6.45) is 4.02. The maximum Gasteiger partial charge on any atom is 0.222 e. The van der Waals surface area contributed by atoms with Gasteiger partial charge >= 0.3 is 0 Å². The highest BCUT2D eigenvalue weighted by atomic mass is 19.1. The van der Waals surface area contributed by atoms with Gasteiger partial charge in [-0.15, -0.1) is 0 Å². The fourth-order valence-electron chi connectivity index (χ4n) is 3.99. The molecule has 1 atom stereocenters. The summed E-state index contributed by atoms with van der Waals surface area (Å²) in [5.74, 6) is 1.87. The quantitative estimate of drug-likeness (QED) is 0.646. The van der Waals surface area contributed by atoms with E-state index in [-0.39, 0.29) is 17.6 Å². The van der Waals surface area contributed by atoms with Gasteiger partial charge in [0.15, 0.2) is 0 Å². The van der Waals surface area contributed by atoms with E-state index in [9.17, 15) is 9.18 Å². The maximum atomic E-state index is 13.0. The lowest BCUT2D eigenvalue weighted by atomic mass is 9.96. The topological polar surface area (TPSA) is 52.6 Å². The normalized spacial score (nSPS) is 16.6. The van der Waals surface area contributed by atoms with Crippen LogP contribution in [-0.4, -0.2) is 67.0 Å². The molecule has 1 saturated heterocycles. The standard InChI is InChI=1S/C24H34FN5O/c1-28(2)17-21-15-22(29(3)4)27-24(26-21)19-8-6-14-30(16-19)23(31)9-5-7-18-10-12-20(25)13-11-18/h10-13,15,19H,5-9,14,16-17H2,1-4H3/t19-/m0/s1. The van der Waals surface area contributed by atoms with Gasteiger partial charge < -0.3 is 14.7 Å². The molecule has 1 fully saturated rings. The van der Waals surface area contributed by atoms with E-state index >= 15 is 0 Å². The number of nitrogens with zero attached hydrogens (tertiary/aromatic N) is 5. The number of carbonyl (C=O) groups excluding carboxylic acids is 1. The first kappa shape index (κ1) is 23.1. The summed E-state index contributed by atoms with van der Waals surface area (Å²) >= 11 is 0. The van der Waals surface area contributed by atoms with E-state index in [1.165, 1.54) is 12.1 Å². The Morgan fingerprint density at radius 1 is 1.16 bits per heavy atom. The second-order valence-corrected chi connectivity index (χ2v) is 8.87. The van der Waals surface area contributed by atoms with Gasteiger partial charge in [-0.1, -0.05) is 12.1 Å². The molecule has 1 aliphatic heterocycles. The van der Waals surface area contributed by atoms with Crippen molar-refractivity contribution in [2.75, 3.05) is 46.2 Å². The summed E-state index contributed by atoms with van der Waals surface area (Å²) in [6.45, 7) is 2.23. The number of rotatable bonds is 8. The number of likely N-dealkylation sites (tertiary alicyclic amines) is 1. The van der Waals surface area contributed by atoms with Gasteiger partial charge in [0.1, 0.15) is 17.5 Å². The summed E-state index contributed by atoms with van der Waals surface area (Å²) in [4.78, 5) is 28.5. The van der Waals surface area contributed by atoms with Gasteiger partial charge in [0, 0.05) is 52.1 Å². The van der Waals surface area contributed by atoms with Crippen LogP contribution in [0.15, 0.2) is 30.3 Å². The SMILES string of the molecule is CN(C)Cc1cc(N(C)C)nc([C@H]2CCCN(C(=O)CCCc3ccc(F)cc3)C2)n1. The average molecular weight is 428 g/mol. The zero-order valence-corrected chi connectivity index (χ0v) is 19.1. The zero-order valence-electron chi connectivity index (χ0n) is 19.1. The Balaban J connectivity index is 1.62. The number of aromatic nitrogens is 2. The second kappa shape index (κ2) is 10.7. The number of amides is 1. The van der Waals surface area contributed by atoms with Gasteiger partial charge in [-0.05, 0) is 57.5 Å². The van der Waals surface area contributed by atoms with Crippen LogP contribution in [0.25, 0.3) is 0 Å². The van der Waals surface area contributed by atoms with Crippen molar-refractivity contribution in [1.82, 2.24) is 19.8 Å². The number of piperidine rings is 1. The van der Waals surface area contributed by atoms with Gasteiger partial charge in [0.2, 0.25) is 5.91 Å². The molecule has 0 bridgehead atoms. The molecule has 168 valence electrons. The van der Waals surface area contributed by atoms with Crippen molar-refractivity contribution < 1.29 is 9.18 Å². The number of hydrogen-bond acceptors (Lipinski definition) is 5. The second-order valence-electron chi connectivity index (χ2n) is 8.87. The maximum absolute atomic E-state index is 13.0. The van der Waals surface area contributed by atoms with Crippen molar-refractivity contribution in [3.8, 4) is 0 Å². The van der Waals surface area contributed by atoms with E-state index in [4.69, 9.17) is 9.97 Å². The number of aryl methyl sites for hydroxylation is 1. The first-order chi connectivity index (χ1) is 14.8. The average Bonchev–Trinajstić information content (AvgIpc) is 2.74. The largest absolute Gasteiger partial charge is 0.363 e. The van der Waals surface area contributed by atoms with Crippen molar-refractivity contribution >= 4 is 11.7 Å². The number of carbonyl (C=O) groups is 1. The van der Waals surface area contributed by atoms with Crippen LogP contribution in [0.4, 0.5) is 10.2 Å². The highest BCUT2D eigenvalue weighted by molar-refractivity contribution is 5.76. The third kappa shape index (κ3) is 6.72. The minimum Gasteiger partial charge on any atom is -0.363 e. The molecule has 6 nitrogen and oxygen atoms in total. The van der Waals surface area contributed by atoms with Gasteiger partial charge in [-0.25, -0.2) is 14.4 Å². The molecule has 7 heteroatoms. The number of benzene rings is 1. The third-order valence-corrected chi connectivity index (χ3v) is 5.63. The molecule has 31 heavy (non-hydrogen) atoms. The monoisotopic (exact) mass is 427 g/mol. The lowest BCUT2D eigenvalue weighted by Gasteiger charge is -2.32. The fraction of sp³-hybridized carbons (Fsp3) is 0.542. The fourth-order valence-corrected chi connectivity index (χ4v) is 3.99. The molecule has 1 aliphatic rings. The van der Waals surface area contributed by atoms with Crippen LogP contribution in [-0.2, 0) is 17.8 Å². The number of halogens is 1. The summed E-state index contributed by atoms with van der Waals surface area (Å²) < 4.78 is 13.0. The van der Waals surface area contributed by atoms with Crippen LogP contribution in [0.3, 0.4) is 0 Å². The van der Waals surface area contributed by atoms with E-state index in [1.807, 2.05) is 44.1 Å². The van der Waals surface area contributed by atoms with Crippen LogP contribution in [0.1, 0.15) is 48.7 Å². The van der Waals surface area contributed by atoms with E-state index < -0.39 is 0 Å². The molecule has 3 rings (SSSR count). The summed E-state index contributed by atoms with van der Waals surface area (Å²) in [7, 11) is 8.04. The molecule has 1 aromatic heterocycles. The Morgan fingerprint density at radius 2 is 1.90 bits per heavy atom. The molecule has 1 amide bonds. The van der Waals surface area contributed by atoms with Gasteiger partial charge in [0.05, 0.1) is 5.69 Å². The predicted octanol–water partition coefficient (Wildman–Crippen LogP) is 3.47. The molecule has 2 aromatic rings. The summed E-state index contributed by atoms with van der Waals surface area (Å²) in [5, 5.41) is 0. The van der Waals surface area contributed by atoms with Crippen molar-refractivity contribution in [1.29, 1.82) is 0 Å². The molecule has 0 spiro atoms. The molecule has 0 aliphatic carbocycles. The first-order valence-electron chi connectivity index (χ1n) is 11.0. The van der Waals surface area contributed by atoms with E-state index in [0.29, 0.717) is 13.0 Å². The molecule has 2 heterocycles. The molecular formula is C24H34FN5O. The molecule has 0 unspecified atom stereocenters. The number of hydrogen-bond donors (Lipinski definition) is 0. The molecule has 0 N–H and O–H groups in total. The molecular weight excluding hydrogens is 393 g/mol. The first-order valence-corrected chi connectivity index (χ1v) is 11.0. The Morgan fingerprint density at radius 3 is 2.58 bits per heavy atom. The van der Waals surface area contributed by atoms with E-state index in [0.717, 1.165) is 61.7 Å². The van der Waals surface area contributed by atoms with Gasteiger partial charge in [-0.3, -0.25) is 4.79 Å². The van der Waals surface area contributed by atoms with E-state index in [2.05, 4.69) is 4.90 Å². The lowest BCUT2D eigenvalue weighted by molar-refractivity contribution is -0.132. The zero-order chi connectivity index (χ0) is 22.4. The summed E-state index contributed by atoms with van der Waals surface area (Å²) in [6, 6.07) is 8.55. The van der Waals surface area contributed by atoms with Crippen LogP contribution >= 0.6 is 0 Å². The van der Waals surface area contributed by atoms with Crippen LogP contribution in [0.2, 0.25) is 0 Å². The molecule has 0 saturated carbocycles. The van der Waals surface area contributed by atoms with Crippen molar-refractivity contribution in [3.05, 3.63) is 53.2 Å². The van der Waals surface area contributed by atoms with Crippen molar-refractivity contribution in [2.24, 2.45) is 0 Å². The van der Waals surface area contributed by atoms with Crippen LogP contribution < -0.4 is 4.90 Å². The van der Waals surface area contributed by atoms with Crippen LogP contribution in [0.5, 0.6) is 0 Å². The molecule has 1 aromatic carbocycles. The smallest absolute Gasteiger partial charge is 0.222 e. The van der Waals surface area contributed by atoms with Gasteiger partial charge in [-0.2, -0.15) is 0 Å². The van der Waals surface area contributed by atoms with E-state index in [1.54, 1.807) is 12.1 Å². The van der Waals surface area contributed by atoms with Crippen molar-refractivity contribution in [2.45, 2.75) is 44.6 Å². The Labute approximate surface area is 185 Å². The predicted molar refractivity (Wildman–Crippen MR) is 122 cm³/mol. The Bertz CT molecular complexity index is 869. The van der Waals surface area contributed by atoms with Crippen molar-refractivity contribution in [3.63, 3.8) is 0 Å². The summed E-state index contributed by atoms with van der Waals surface area (Å²) in [5.41, 5.74) is 2.06. The lowest BCUT2D eigenvalue weighted by Crippen LogP contribution is -2.39. The minimum atomic E-state index is -0.228. The highest BCUT2D eigenvalue weighted by Crippen LogP contribution is 2.27. The number of anilines is 1. The Kier molecular flexibility index (Phi) is 7.96. The molecule has 0 radical (unpaired) electrons. The third-order valence-electron chi connectivity index (χ3n) is 5.63.